The van der Waals surface area contributed by atoms with Crippen LogP contribution >= 0.6 is 0 Å². The predicted octanol–water partition coefficient (Wildman–Crippen LogP) is 2.72. The van der Waals surface area contributed by atoms with Gasteiger partial charge in [0.1, 0.15) is 5.75 Å². The summed E-state index contributed by atoms with van der Waals surface area (Å²) in [6.07, 6.45) is -4.81. The summed E-state index contributed by atoms with van der Waals surface area (Å²) in [5, 5.41) is 0. The van der Waals surface area contributed by atoms with Crippen molar-refractivity contribution in [3.05, 3.63) is 29.6 Å². The Hall–Kier alpha value is -1.90. The number of rotatable bonds is 1. The van der Waals surface area contributed by atoms with Crippen molar-refractivity contribution in [3.8, 4) is 5.75 Å². The Morgan fingerprint density at radius 1 is 1.36 bits per heavy atom. The van der Waals surface area contributed by atoms with Crippen molar-refractivity contribution in [2.45, 2.75) is 6.36 Å². The lowest BCUT2D eigenvalue weighted by atomic mass is 10.2. The number of nitrogens with zero attached hydrogens (tertiary/aromatic N) is 1. The Morgan fingerprint density at radius 3 is 2.50 bits per heavy atom. The molecular formula is C8H5F3N2O. The van der Waals surface area contributed by atoms with Crippen molar-refractivity contribution in [3.63, 3.8) is 0 Å². The van der Waals surface area contributed by atoms with Crippen molar-refractivity contribution < 1.29 is 17.9 Å². The maximum atomic E-state index is 11.8. The molecule has 2 N–H and O–H groups in total. The van der Waals surface area contributed by atoms with Crippen LogP contribution in [0.15, 0.2) is 18.2 Å². The highest BCUT2D eigenvalue weighted by atomic mass is 19.4. The van der Waals surface area contributed by atoms with Gasteiger partial charge in [-0.25, -0.2) is 4.85 Å². The lowest BCUT2D eigenvalue weighted by Crippen LogP contribution is -2.17. The van der Waals surface area contributed by atoms with E-state index >= 15 is 0 Å². The fourth-order valence-electron chi connectivity index (χ4n) is 0.866. The smallest absolute Gasteiger partial charge is 0.417 e. The van der Waals surface area contributed by atoms with E-state index in [0.29, 0.717) is 0 Å². The quantitative estimate of drug-likeness (QED) is 0.561. The normalized spacial score (nSPS) is 10.7. The van der Waals surface area contributed by atoms with Crippen LogP contribution in [0.3, 0.4) is 0 Å². The largest absolute Gasteiger partial charge is 0.571 e. The molecule has 0 aliphatic carbocycles. The van der Waals surface area contributed by atoms with Crippen LogP contribution in [0.4, 0.5) is 24.5 Å². The molecule has 0 saturated carbocycles. The van der Waals surface area contributed by atoms with Crippen LogP contribution in [0.5, 0.6) is 5.75 Å². The zero-order valence-electron chi connectivity index (χ0n) is 6.80. The van der Waals surface area contributed by atoms with Gasteiger partial charge in [0, 0.05) is 5.69 Å². The molecule has 0 aliphatic rings. The molecule has 1 aromatic carbocycles. The Kier molecular flexibility index (Phi) is 2.51. The lowest BCUT2D eigenvalue weighted by molar-refractivity contribution is -0.274. The van der Waals surface area contributed by atoms with Crippen molar-refractivity contribution in [2.24, 2.45) is 0 Å². The molecule has 0 spiro atoms. The van der Waals surface area contributed by atoms with E-state index in [9.17, 15) is 13.2 Å². The lowest BCUT2D eigenvalue weighted by Gasteiger charge is -2.10. The molecule has 0 atom stereocenters. The number of nitrogens with two attached hydrogens (primary N) is 1. The highest BCUT2D eigenvalue weighted by Gasteiger charge is 2.32. The zero-order valence-corrected chi connectivity index (χ0v) is 6.80. The van der Waals surface area contributed by atoms with Gasteiger partial charge in [-0.05, 0) is 12.1 Å². The number of ether oxygens (including phenoxy) is 1. The molecule has 0 heterocycles. The van der Waals surface area contributed by atoms with Crippen molar-refractivity contribution in [2.75, 3.05) is 5.73 Å². The van der Waals surface area contributed by atoms with Crippen molar-refractivity contribution in [1.82, 2.24) is 0 Å². The Balaban J connectivity index is 3.10. The van der Waals surface area contributed by atoms with Crippen LogP contribution < -0.4 is 10.5 Å². The Morgan fingerprint density at radius 2 is 2.00 bits per heavy atom. The Labute approximate surface area is 77.7 Å². The maximum Gasteiger partial charge on any atom is 0.571 e. The van der Waals surface area contributed by atoms with E-state index < -0.39 is 12.1 Å². The number of anilines is 1. The van der Waals surface area contributed by atoms with E-state index in [4.69, 9.17) is 12.3 Å². The highest BCUT2D eigenvalue weighted by Crippen LogP contribution is 2.36. The summed E-state index contributed by atoms with van der Waals surface area (Å²) in [5.74, 6) is -0.576. The average Bonchev–Trinajstić information content (AvgIpc) is 2.01. The third-order valence-electron chi connectivity index (χ3n) is 1.37. The minimum absolute atomic E-state index is 0.0400. The molecule has 0 aliphatic heterocycles. The van der Waals surface area contributed by atoms with Crippen LogP contribution in [-0.2, 0) is 0 Å². The molecule has 6 heteroatoms. The summed E-state index contributed by atoms with van der Waals surface area (Å²) in [7, 11) is 0. The predicted molar refractivity (Wildman–Crippen MR) is 43.8 cm³/mol. The number of hydrogen-bond acceptors (Lipinski definition) is 2. The first-order chi connectivity index (χ1) is 6.44. The molecule has 0 radical (unpaired) electrons. The third-order valence-corrected chi connectivity index (χ3v) is 1.37. The zero-order chi connectivity index (χ0) is 10.8. The highest BCUT2D eigenvalue weighted by molar-refractivity contribution is 5.74. The summed E-state index contributed by atoms with van der Waals surface area (Å²) in [5.41, 5.74) is 4.92. The monoisotopic (exact) mass is 202 g/mol. The molecule has 0 aromatic heterocycles. The van der Waals surface area contributed by atoms with Crippen molar-refractivity contribution >= 4 is 11.4 Å². The topological polar surface area (TPSA) is 39.6 Å². The average molecular weight is 202 g/mol. The van der Waals surface area contributed by atoms with E-state index in [0.717, 1.165) is 6.07 Å². The van der Waals surface area contributed by atoms with Gasteiger partial charge < -0.3 is 10.5 Å². The van der Waals surface area contributed by atoms with Gasteiger partial charge in [0.25, 0.3) is 0 Å². The fourth-order valence-corrected chi connectivity index (χ4v) is 0.866. The molecule has 1 aromatic rings. The van der Waals surface area contributed by atoms with Gasteiger partial charge in [0.15, 0.2) is 0 Å². The van der Waals surface area contributed by atoms with Crippen LogP contribution in [0.25, 0.3) is 4.85 Å². The second-order valence-electron chi connectivity index (χ2n) is 2.35. The molecular weight excluding hydrogens is 197 g/mol. The summed E-state index contributed by atoms with van der Waals surface area (Å²) >= 11 is 0. The Bertz CT molecular complexity index is 381. The standard InChI is InChI=1S/C8H5F3N2O/c1-13-7-5(12)3-2-4-6(7)14-8(9,10)11/h2-4H,12H2. The van der Waals surface area contributed by atoms with E-state index in [1.807, 2.05) is 0 Å². The molecule has 1 rings (SSSR count). The number of benzene rings is 1. The van der Waals surface area contributed by atoms with E-state index in [2.05, 4.69) is 9.58 Å². The van der Waals surface area contributed by atoms with E-state index in [-0.39, 0.29) is 11.4 Å². The first kappa shape index (κ1) is 10.2. The SMILES string of the molecule is [C-]#[N+]c1c(N)cccc1OC(F)(F)F. The first-order valence-electron chi connectivity index (χ1n) is 3.46. The van der Waals surface area contributed by atoms with Crippen molar-refractivity contribution in [1.29, 1.82) is 0 Å². The molecule has 0 amide bonds. The summed E-state index contributed by atoms with van der Waals surface area (Å²) in [6.45, 7) is 6.63. The second kappa shape index (κ2) is 3.46. The third kappa shape index (κ3) is 2.29. The van der Waals surface area contributed by atoms with E-state index in [1.165, 1.54) is 12.1 Å². The van der Waals surface area contributed by atoms with Gasteiger partial charge in [-0.2, -0.15) is 0 Å². The van der Waals surface area contributed by atoms with Gasteiger partial charge in [-0.15, -0.1) is 13.2 Å². The van der Waals surface area contributed by atoms with Gasteiger partial charge >= 0.3 is 6.36 Å². The molecule has 74 valence electrons. The maximum absolute atomic E-state index is 11.8. The minimum atomic E-state index is -4.81. The van der Waals surface area contributed by atoms with Gasteiger partial charge in [0.05, 0.1) is 6.57 Å². The molecule has 0 unspecified atom stereocenters. The number of nitrogen functional groups attached to an aromatic ring is 1. The number of hydrogen-bond donors (Lipinski definition) is 1. The minimum Gasteiger partial charge on any atom is -0.417 e. The van der Waals surface area contributed by atoms with Crippen LogP contribution in [-0.4, -0.2) is 6.36 Å². The molecule has 0 saturated heterocycles. The number of halogens is 3. The van der Waals surface area contributed by atoms with Crippen LogP contribution in [0.2, 0.25) is 0 Å². The van der Waals surface area contributed by atoms with Crippen LogP contribution in [0, 0.1) is 6.57 Å². The summed E-state index contributed by atoms with van der Waals surface area (Å²) < 4.78 is 39.1. The molecule has 14 heavy (non-hydrogen) atoms. The summed E-state index contributed by atoms with van der Waals surface area (Å²) in [6, 6.07) is 3.65. The van der Waals surface area contributed by atoms with Gasteiger partial charge in [-0.1, -0.05) is 6.07 Å². The van der Waals surface area contributed by atoms with Gasteiger partial charge in [0.2, 0.25) is 5.69 Å². The summed E-state index contributed by atoms with van der Waals surface area (Å²) in [4.78, 5) is 2.85. The van der Waals surface area contributed by atoms with E-state index in [1.54, 1.807) is 0 Å². The molecule has 0 bridgehead atoms. The fraction of sp³-hybridized carbons (Fsp3) is 0.125. The molecule has 0 fully saturated rings. The first-order valence-corrected chi connectivity index (χ1v) is 3.46. The second-order valence-corrected chi connectivity index (χ2v) is 2.35. The molecule has 3 nitrogen and oxygen atoms in total. The number of para-hydroxylation sites is 1. The number of alkyl halides is 3. The van der Waals surface area contributed by atoms with Crippen LogP contribution in [0.1, 0.15) is 0 Å². The van der Waals surface area contributed by atoms with Gasteiger partial charge in [-0.3, -0.25) is 0 Å².